The Hall–Kier alpha value is -1.36. The molecule has 0 saturated carbocycles. The van der Waals surface area contributed by atoms with Crippen molar-refractivity contribution in [3.8, 4) is 11.5 Å². The number of amides is 1. The Morgan fingerprint density at radius 1 is 1.35 bits per heavy atom. The number of nitrogens with one attached hydrogen (secondary N) is 1. The Morgan fingerprint density at radius 2 is 2.00 bits per heavy atom. The molecule has 0 aliphatic heterocycles. The van der Waals surface area contributed by atoms with Gasteiger partial charge in [-0.3, -0.25) is 4.79 Å². The smallest absolute Gasteiger partial charge is 0.216 e. The summed E-state index contributed by atoms with van der Waals surface area (Å²) in [5.74, 6) is 0.586. The van der Waals surface area contributed by atoms with Crippen LogP contribution in [0.3, 0.4) is 0 Å². The molecule has 3 N–H and O–H groups in total. The molecule has 0 saturated heterocycles. The maximum atomic E-state index is 10.8. The Balaban J connectivity index is 2.80. The summed E-state index contributed by atoms with van der Waals surface area (Å²) in [6, 6.07) is 3.11. The van der Waals surface area contributed by atoms with Crippen LogP contribution < -0.4 is 5.32 Å². The summed E-state index contributed by atoms with van der Waals surface area (Å²) in [4.78, 5) is 11.7. The van der Waals surface area contributed by atoms with Crippen molar-refractivity contribution in [2.45, 2.75) is 25.2 Å². The van der Waals surface area contributed by atoms with E-state index in [4.69, 9.17) is 0 Å². The predicted octanol–water partition coefficient (Wildman–Crippen LogP) is 1.89. The van der Waals surface area contributed by atoms with Crippen LogP contribution in [0.4, 0.5) is 0 Å². The van der Waals surface area contributed by atoms with Crippen LogP contribution >= 0.6 is 11.8 Å². The van der Waals surface area contributed by atoms with E-state index >= 15 is 0 Å². The molecule has 0 radical (unpaired) electrons. The molecule has 1 aromatic rings. The molecule has 0 fully saturated rings. The molecule has 4 nitrogen and oxygen atoms in total. The highest BCUT2D eigenvalue weighted by molar-refractivity contribution is 7.99. The number of carbonyl (C=O) groups is 1. The summed E-state index contributed by atoms with van der Waals surface area (Å²) in [5, 5.41) is 21.6. The summed E-state index contributed by atoms with van der Waals surface area (Å²) in [6.07, 6.45) is 0.635. The zero-order valence-corrected chi connectivity index (χ0v) is 10.8. The van der Waals surface area contributed by atoms with Crippen molar-refractivity contribution in [1.82, 2.24) is 5.32 Å². The van der Waals surface area contributed by atoms with E-state index in [-0.39, 0.29) is 17.4 Å². The number of carbonyl (C=O) groups excluding carboxylic acids is 1. The van der Waals surface area contributed by atoms with Gasteiger partial charge in [0.25, 0.3) is 0 Å². The van der Waals surface area contributed by atoms with Crippen LogP contribution in [-0.2, 0) is 11.2 Å². The van der Waals surface area contributed by atoms with E-state index in [9.17, 15) is 15.0 Å². The second kappa shape index (κ2) is 6.39. The third-order valence-corrected chi connectivity index (χ3v) is 3.21. The van der Waals surface area contributed by atoms with Crippen LogP contribution in [0, 0.1) is 0 Å². The molecule has 1 amide bonds. The molecule has 0 atom stereocenters. The quantitative estimate of drug-likeness (QED) is 0.555. The molecule has 0 bridgehead atoms. The second-order valence-electron chi connectivity index (χ2n) is 3.61. The molecular formula is C12H17NO3S. The molecule has 0 unspecified atom stereocenters. The van der Waals surface area contributed by atoms with Crippen LogP contribution in [0.1, 0.15) is 19.4 Å². The molecule has 0 aromatic heterocycles. The lowest BCUT2D eigenvalue weighted by Crippen LogP contribution is -2.22. The van der Waals surface area contributed by atoms with Crippen LogP contribution in [0.2, 0.25) is 0 Å². The fourth-order valence-electron chi connectivity index (χ4n) is 1.46. The van der Waals surface area contributed by atoms with Crippen molar-refractivity contribution in [1.29, 1.82) is 0 Å². The van der Waals surface area contributed by atoms with Gasteiger partial charge in [0.15, 0.2) is 11.5 Å². The number of aromatic hydroxyl groups is 2. The summed E-state index contributed by atoms with van der Waals surface area (Å²) in [5.41, 5.74) is 0.931. The van der Waals surface area contributed by atoms with Gasteiger partial charge in [0.2, 0.25) is 5.91 Å². The van der Waals surface area contributed by atoms with Gasteiger partial charge in [0, 0.05) is 18.4 Å². The monoisotopic (exact) mass is 255 g/mol. The van der Waals surface area contributed by atoms with Gasteiger partial charge in [-0.25, -0.2) is 0 Å². The molecular weight excluding hydrogens is 238 g/mol. The van der Waals surface area contributed by atoms with Crippen LogP contribution in [0.5, 0.6) is 11.5 Å². The summed E-state index contributed by atoms with van der Waals surface area (Å²) >= 11 is 1.60. The standard InChI is InChI=1S/C12H17NO3S/c1-3-17-12-7-11(16)10(15)6-9(12)4-5-13-8(2)14/h6-7,15-16H,3-5H2,1-2H3,(H,13,14). The molecule has 17 heavy (non-hydrogen) atoms. The number of rotatable bonds is 5. The topological polar surface area (TPSA) is 69.6 Å². The second-order valence-corrected chi connectivity index (χ2v) is 4.92. The first-order valence-electron chi connectivity index (χ1n) is 5.46. The lowest BCUT2D eigenvalue weighted by Gasteiger charge is -2.10. The fraction of sp³-hybridized carbons (Fsp3) is 0.417. The minimum atomic E-state index is -0.122. The highest BCUT2D eigenvalue weighted by Crippen LogP contribution is 2.33. The van der Waals surface area contributed by atoms with Crippen LogP contribution in [-0.4, -0.2) is 28.4 Å². The molecule has 0 heterocycles. The summed E-state index contributed by atoms with van der Waals surface area (Å²) in [6.45, 7) is 4.01. The number of hydrogen-bond donors (Lipinski definition) is 3. The minimum absolute atomic E-state index is 0.0716. The molecule has 0 aliphatic rings. The van der Waals surface area contributed by atoms with Crippen molar-refractivity contribution in [3.63, 3.8) is 0 Å². The van der Waals surface area contributed by atoms with Gasteiger partial charge >= 0.3 is 0 Å². The molecule has 0 spiro atoms. The lowest BCUT2D eigenvalue weighted by atomic mass is 10.1. The third-order valence-electron chi connectivity index (χ3n) is 2.23. The first-order valence-corrected chi connectivity index (χ1v) is 6.45. The number of hydrogen-bond acceptors (Lipinski definition) is 4. The Kier molecular flexibility index (Phi) is 5.15. The van der Waals surface area contributed by atoms with E-state index in [0.717, 1.165) is 16.2 Å². The van der Waals surface area contributed by atoms with E-state index in [2.05, 4.69) is 5.32 Å². The largest absolute Gasteiger partial charge is 0.504 e. The molecule has 5 heteroatoms. The Morgan fingerprint density at radius 3 is 2.59 bits per heavy atom. The van der Waals surface area contributed by atoms with Crippen molar-refractivity contribution in [3.05, 3.63) is 17.7 Å². The van der Waals surface area contributed by atoms with Crippen molar-refractivity contribution >= 4 is 17.7 Å². The third kappa shape index (κ3) is 4.19. The van der Waals surface area contributed by atoms with Crippen molar-refractivity contribution in [2.75, 3.05) is 12.3 Å². The fourth-order valence-corrected chi connectivity index (χ4v) is 2.31. The SMILES string of the molecule is CCSc1cc(O)c(O)cc1CCNC(C)=O. The van der Waals surface area contributed by atoms with Crippen LogP contribution in [0.25, 0.3) is 0 Å². The molecule has 0 aliphatic carbocycles. The zero-order chi connectivity index (χ0) is 12.8. The van der Waals surface area contributed by atoms with Gasteiger partial charge in [0.05, 0.1) is 0 Å². The van der Waals surface area contributed by atoms with Gasteiger partial charge in [-0.1, -0.05) is 6.92 Å². The number of thioether (sulfide) groups is 1. The minimum Gasteiger partial charge on any atom is -0.504 e. The maximum absolute atomic E-state index is 10.8. The van der Waals surface area contributed by atoms with Gasteiger partial charge in [0.1, 0.15) is 0 Å². The van der Waals surface area contributed by atoms with Gasteiger partial charge in [-0.05, 0) is 29.9 Å². The Bertz CT molecular complexity index is 407. The van der Waals surface area contributed by atoms with Crippen LogP contribution in [0.15, 0.2) is 17.0 Å². The summed E-state index contributed by atoms with van der Waals surface area (Å²) in [7, 11) is 0. The maximum Gasteiger partial charge on any atom is 0.216 e. The van der Waals surface area contributed by atoms with Gasteiger partial charge in [-0.2, -0.15) is 0 Å². The first-order chi connectivity index (χ1) is 8.04. The van der Waals surface area contributed by atoms with E-state index < -0.39 is 0 Å². The lowest BCUT2D eigenvalue weighted by molar-refractivity contribution is -0.118. The molecule has 94 valence electrons. The van der Waals surface area contributed by atoms with Gasteiger partial charge in [-0.15, -0.1) is 11.8 Å². The number of phenols is 2. The van der Waals surface area contributed by atoms with E-state index in [0.29, 0.717) is 13.0 Å². The van der Waals surface area contributed by atoms with Crippen molar-refractivity contribution < 1.29 is 15.0 Å². The number of phenolic OH excluding ortho intramolecular Hbond substituents is 2. The molecule has 1 rings (SSSR count). The summed E-state index contributed by atoms with van der Waals surface area (Å²) < 4.78 is 0. The average Bonchev–Trinajstić information content (AvgIpc) is 2.24. The van der Waals surface area contributed by atoms with E-state index in [1.165, 1.54) is 6.92 Å². The highest BCUT2D eigenvalue weighted by Gasteiger charge is 2.08. The number of benzene rings is 1. The average molecular weight is 255 g/mol. The van der Waals surface area contributed by atoms with E-state index in [1.807, 2.05) is 6.92 Å². The van der Waals surface area contributed by atoms with E-state index in [1.54, 1.807) is 23.9 Å². The first kappa shape index (κ1) is 13.7. The normalized spacial score (nSPS) is 10.2. The predicted molar refractivity (Wildman–Crippen MR) is 68.6 cm³/mol. The zero-order valence-electron chi connectivity index (χ0n) is 9.99. The molecule has 1 aromatic carbocycles. The highest BCUT2D eigenvalue weighted by atomic mass is 32.2. The Labute approximate surface area is 105 Å². The van der Waals surface area contributed by atoms with Gasteiger partial charge < -0.3 is 15.5 Å². The van der Waals surface area contributed by atoms with Crippen molar-refractivity contribution in [2.24, 2.45) is 0 Å².